The van der Waals surface area contributed by atoms with Gasteiger partial charge in [0.05, 0.1) is 38.1 Å². The van der Waals surface area contributed by atoms with Gasteiger partial charge >= 0.3 is 0 Å². The van der Waals surface area contributed by atoms with Gasteiger partial charge in [0.1, 0.15) is 17.4 Å². The molecule has 0 spiro atoms. The smallest absolute Gasteiger partial charge is 0.244 e. The first kappa shape index (κ1) is 23.4. The van der Waals surface area contributed by atoms with Gasteiger partial charge in [-0.25, -0.2) is 14.4 Å². The van der Waals surface area contributed by atoms with Crippen molar-refractivity contribution in [3.63, 3.8) is 0 Å². The molecular formula is C24H31FN8O2. The van der Waals surface area contributed by atoms with Crippen LogP contribution in [-0.4, -0.2) is 77.2 Å². The zero-order valence-electron chi connectivity index (χ0n) is 20.2. The van der Waals surface area contributed by atoms with Crippen molar-refractivity contribution in [3.8, 4) is 17.0 Å². The van der Waals surface area contributed by atoms with Crippen LogP contribution >= 0.6 is 0 Å². The Hall–Kier alpha value is -3.31. The molecule has 2 aliphatic heterocycles. The summed E-state index contributed by atoms with van der Waals surface area (Å²) in [6.45, 7) is 6.64. The maximum Gasteiger partial charge on any atom is 0.244 e. The van der Waals surface area contributed by atoms with Gasteiger partial charge in [0.2, 0.25) is 11.8 Å². The Kier molecular flexibility index (Phi) is 6.52. The van der Waals surface area contributed by atoms with E-state index in [9.17, 15) is 4.39 Å². The van der Waals surface area contributed by atoms with Crippen molar-refractivity contribution in [1.82, 2.24) is 19.5 Å². The second-order valence-electron chi connectivity index (χ2n) is 9.35. The first-order valence-corrected chi connectivity index (χ1v) is 11.9. The number of ether oxygens (including phenoxy) is 2. The third kappa shape index (κ3) is 4.65. The van der Waals surface area contributed by atoms with Crippen molar-refractivity contribution >= 4 is 22.8 Å². The molecule has 2 saturated heterocycles. The van der Waals surface area contributed by atoms with E-state index in [0.29, 0.717) is 55.3 Å². The topological polar surface area (TPSA) is 112 Å². The molecule has 0 bridgehead atoms. The molecule has 0 radical (unpaired) electrons. The maximum absolute atomic E-state index is 15.0. The molecule has 35 heavy (non-hydrogen) atoms. The maximum atomic E-state index is 15.0. The third-order valence-corrected chi connectivity index (χ3v) is 6.57. The van der Waals surface area contributed by atoms with Crippen LogP contribution in [0.25, 0.3) is 16.6 Å². The number of hydrogen-bond acceptors (Lipinski definition) is 9. The van der Waals surface area contributed by atoms with E-state index < -0.39 is 6.17 Å². The first-order valence-electron chi connectivity index (χ1n) is 11.9. The summed E-state index contributed by atoms with van der Waals surface area (Å²) in [7, 11) is 1.56. The van der Waals surface area contributed by atoms with Crippen LogP contribution in [0.3, 0.4) is 0 Å². The summed E-state index contributed by atoms with van der Waals surface area (Å²) in [6.07, 6.45) is 1.48. The second kappa shape index (κ2) is 9.74. The minimum atomic E-state index is -1.03. The predicted octanol–water partition coefficient (Wildman–Crippen LogP) is 4.11. The van der Waals surface area contributed by atoms with Crippen molar-refractivity contribution in [3.05, 3.63) is 30.5 Å². The highest BCUT2D eigenvalue weighted by Crippen LogP contribution is 2.36. The van der Waals surface area contributed by atoms with Crippen LogP contribution in [0.5, 0.6) is 5.88 Å². The molecule has 11 heteroatoms. The van der Waals surface area contributed by atoms with Gasteiger partial charge in [-0.2, -0.15) is 10.1 Å². The average Bonchev–Trinajstić information content (AvgIpc) is 3.23. The predicted molar refractivity (Wildman–Crippen MR) is 132 cm³/mol. The van der Waals surface area contributed by atoms with Crippen molar-refractivity contribution in [1.29, 1.82) is 5.53 Å². The van der Waals surface area contributed by atoms with E-state index in [1.54, 1.807) is 11.6 Å². The number of alkyl halides is 1. The molecule has 3 N–H and O–H groups in total. The molecule has 0 unspecified atom stereocenters. The van der Waals surface area contributed by atoms with Crippen LogP contribution in [0.4, 0.5) is 21.7 Å². The number of nitrogens with one attached hydrogen (secondary N) is 3. The van der Waals surface area contributed by atoms with E-state index >= 15 is 0 Å². The van der Waals surface area contributed by atoms with E-state index in [0.717, 1.165) is 23.4 Å². The lowest BCUT2D eigenvalue weighted by Gasteiger charge is -2.42. The summed E-state index contributed by atoms with van der Waals surface area (Å²) in [5.41, 5.74) is 11.3. The molecule has 2 atom stereocenters. The second-order valence-corrected chi connectivity index (χ2v) is 9.35. The molecule has 10 nitrogen and oxygen atoms in total. The number of nitrogens with zero attached hydrogens (tertiary/aromatic N) is 5. The van der Waals surface area contributed by atoms with Gasteiger partial charge in [0.15, 0.2) is 0 Å². The first-order chi connectivity index (χ1) is 17.0. The lowest BCUT2D eigenvalue weighted by atomic mass is 10.0. The van der Waals surface area contributed by atoms with Gasteiger partial charge in [0, 0.05) is 30.9 Å². The molecule has 0 saturated carbocycles. The van der Waals surface area contributed by atoms with E-state index in [2.05, 4.69) is 30.7 Å². The highest BCUT2D eigenvalue weighted by atomic mass is 19.1. The molecule has 0 aliphatic carbocycles. The number of fused-ring (bicyclic) bond motifs is 1. The van der Waals surface area contributed by atoms with Crippen molar-refractivity contribution in [2.45, 2.75) is 44.6 Å². The number of methoxy groups -OCH3 is 1. The number of halogens is 1. The zero-order chi connectivity index (χ0) is 24.5. The number of likely N-dealkylation sites (tertiary alicyclic amines) is 1. The fraction of sp³-hybridized carbons (Fsp3) is 0.500. The van der Waals surface area contributed by atoms with Crippen LogP contribution < -0.4 is 15.4 Å². The summed E-state index contributed by atoms with van der Waals surface area (Å²) in [4.78, 5) is 6.73. The Balaban J connectivity index is 1.41. The Morgan fingerprint density at radius 3 is 2.77 bits per heavy atom. The van der Waals surface area contributed by atoms with Gasteiger partial charge in [-0.3, -0.25) is 4.90 Å². The number of aromatic nitrogens is 3. The van der Waals surface area contributed by atoms with Crippen molar-refractivity contribution < 1.29 is 13.9 Å². The Morgan fingerprint density at radius 1 is 1.29 bits per heavy atom. The Labute approximate surface area is 203 Å². The monoisotopic (exact) mass is 482 g/mol. The average molecular weight is 483 g/mol. The summed E-state index contributed by atoms with van der Waals surface area (Å²) < 4.78 is 27.5. The van der Waals surface area contributed by atoms with Gasteiger partial charge in [-0.05, 0) is 44.0 Å². The Morgan fingerprint density at radius 2 is 2.11 bits per heavy atom. The largest absolute Gasteiger partial charge is 0.479 e. The number of piperidine rings is 1. The molecule has 0 amide bonds. The van der Waals surface area contributed by atoms with Gasteiger partial charge in [-0.15, -0.1) is 5.10 Å². The van der Waals surface area contributed by atoms with E-state index in [4.69, 9.17) is 15.0 Å². The molecule has 2 aromatic heterocycles. The van der Waals surface area contributed by atoms with E-state index in [1.807, 2.05) is 44.3 Å². The van der Waals surface area contributed by atoms with Gasteiger partial charge in [-0.1, -0.05) is 6.07 Å². The SMILES string of the molecule is COc1nc(N[C@H]2CCN(C3COC3)C[C@H]2F)nn2ccc(-c3ccc(N=N)c(NC(C)C)c3)c12. The number of rotatable bonds is 8. The lowest BCUT2D eigenvalue weighted by Crippen LogP contribution is -2.57. The molecule has 3 aromatic rings. The molecule has 2 aliphatic rings. The molecule has 1 aromatic carbocycles. The molecule has 4 heterocycles. The van der Waals surface area contributed by atoms with E-state index in [1.165, 1.54) is 0 Å². The summed E-state index contributed by atoms with van der Waals surface area (Å²) >= 11 is 0. The summed E-state index contributed by atoms with van der Waals surface area (Å²) in [5.74, 6) is 0.727. The summed E-state index contributed by atoms with van der Waals surface area (Å²) in [6, 6.07) is 7.78. The van der Waals surface area contributed by atoms with Crippen LogP contribution in [0.2, 0.25) is 0 Å². The van der Waals surface area contributed by atoms with Crippen LogP contribution in [0, 0.1) is 5.53 Å². The van der Waals surface area contributed by atoms with Crippen molar-refractivity contribution in [2.24, 2.45) is 5.11 Å². The quantitative estimate of drug-likeness (QED) is 0.414. The normalized spacial score (nSPS) is 21.2. The number of anilines is 2. The lowest BCUT2D eigenvalue weighted by molar-refractivity contribution is -0.0794. The minimum Gasteiger partial charge on any atom is -0.479 e. The van der Waals surface area contributed by atoms with Gasteiger partial charge in [0.25, 0.3) is 0 Å². The van der Waals surface area contributed by atoms with Gasteiger partial charge < -0.3 is 20.1 Å². The zero-order valence-corrected chi connectivity index (χ0v) is 20.2. The van der Waals surface area contributed by atoms with Crippen LogP contribution in [0.15, 0.2) is 35.6 Å². The minimum absolute atomic E-state index is 0.191. The number of hydrogen-bond donors (Lipinski definition) is 3. The Bertz CT molecular complexity index is 1210. The van der Waals surface area contributed by atoms with Crippen molar-refractivity contribution in [2.75, 3.05) is 44.0 Å². The standard InChI is InChI=1S/C24H31FN8O2/c1-14(2)27-21-10-15(4-5-20(21)30-26)17-6-9-33-22(17)23(34-3)29-24(31-33)28-19-7-8-32(11-18(19)25)16-12-35-13-16/h4-6,9-10,14,16,18-19,26-27H,7-8,11-13H2,1-3H3,(H,28,31)/t18-,19+/m1/s1. The summed E-state index contributed by atoms with van der Waals surface area (Å²) in [5, 5.41) is 14.7. The van der Waals surface area contributed by atoms with E-state index in [-0.39, 0.29) is 12.1 Å². The number of benzene rings is 1. The highest BCUT2D eigenvalue weighted by molar-refractivity contribution is 5.87. The molecule has 5 rings (SSSR count). The molecule has 2 fully saturated rings. The van der Waals surface area contributed by atoms with Crippen LogP contribution in [0.1, 0.15) is 20.3 Å². The highest BCUT2D eigenvalue weighted by Gasteiger charge is 2.35. The molecule has 186 valence electrons. The fourth-order valence-corrected chi connectivity index (χ4v) is 4.68. The fourth-order valence-electron chi connectivity index (χ4n) is 4.68. The van der Waals surface area contributed by atoms with Crippen LogP contribution in [-0.2, 0) is 4.74 Å². The third-order valence-electron chi connectivity index (χ3n) is 6.57. The molecular weight excluding hydrogens is 451 g/mol.